The monoisotopic (exact) mass is 1060 g/mol. The van der Waals surface area contributed by atoms with Crippen molar-refractivity contribution in [2.45, 2.75) is 128 Å². The van der Waals surface area contributed by atoms with Gasteiger partial charge >= 0.3 is 11.3 Å². The van der Waals surface area contributed by atoms with Gasteiger partial charge in [0.05, 0.1) is 0 Å². The Balaban J connectivity index is 1.01. The van der Waals surface area contributed by atoms with Gasteiger partial charge in [0.15, 0.2) is 0 Å². The van der Waals surface area contributed by atoms with Crippen molar-refractivity contribution in [3.63, 3.8) is 0 Å². The molecule has 8 aromatic rings. The van der Waals surface area contributed by atoms with Crippen LogP contribution in [0.3, 0.4) is 0 Å². The summed E-state index contributed by atoms with van der Waals surface area (Å²) in [7, 11) is 0. The first kappa shape index (κ1) is 53.8. The second-order valence-electron chi connectivity index (χ2n) is 21.5. The van der Waals surface area contributed by atoms with E-state index in [2.05, 4.69) is 38.3 Å². The Morgan fingerprint density at radius 2 is 0.797 bits per heavy atom. The molecule has 13 heteroatoms. The van der Waals surface area contributed by atoms with Crippen LogP contribution in [0.2, 0.25) is 0 Å². The zero-order chi connectivity index (χ0) is 55.2. The molecule has 0 saturated heterocycles. The molecule has 0 aliphatic heterocycles. The van der Waals surface area contributed by atoms with Crippen molar-refractivity contribution in [1.29, 1.82) is 0 Å². The Morgan fingerprint density at radius 3 is 1.15 bits per heavy atom. The Bertz CT molecular complexity index is 3360. The molecule has 2 N–H and O–H groups in total. The maximum atomic E-state index is 15.2. The maximum absolute atomic E-state index is 15.2. The number of benzene rings is 6. The summed E-state index contributed by atoms with van der Waals surface area (Å²) in [6, 6.07) is 43.1. The van der Waals surface area contributed by atoms with E-state index < -0.39 is 35.1 Å². The number of carbonyl (C=O) groups excluding carboxylic acids is 4. The molecular formula is C66H66N4O9. The van der Waals surface area contributed by atoms with Crippen LogP contribution in [0.25, 0.3) is 21.9 Å². The predicted molar refractivity (Wildman–Crippen MR) is 308 cm³/mol. The van der Waals surface area contributed by atoms with Crippen molar-refractivity contribution in [1.82, 2.24) is 10.6 Å². The molecule has 2 heterocycles. The first-order valence-electron chi connectivity index (χ1n) is 27.7. The van der Waals surface area contributed by atoms with Crippen molar-refractivity contribution in [2.24, 2.45) is 0 Å². The van der Waals surface area contributed by atoms with Gasteiger partial charge in [-0.25, -0.2) is 9.59 Å². The number of nitrogens with zero attached hydrogens (tertiary/aromatic N) is 2. The fourth-order valence-electron chi connectivity index (χ4n) is 11.0. The lowest BCUT2D eigenvalue weighted by Crippen LogP contribution is -2.48. The van der Waals surface area contributed by atoms with E-state index in [4.69, 9.17) is 13.6 Å². The minimum Gasteiger partial charge on any atom is -0.457 e. The highest BCUT2D eigenvalue weighted by atomic mass is 16.5. The van der Waals surface area contributed by atoms with Crippen molar-refractivity contribution < 1.29 is 32.7 Å². The zero-order valence-corrected chi connectivity index (χ0v) is 45.1. The average Bonchev–Trinajstić information content (AvgIpc) is 3.49. The van der Waals surface area contributed by atoms with E-state index in [0.29, 0.717) is 55.9 Å². The van der Waals surface area contributed by atoms with Crippen LogP contribution in [0.1, 0.15) is 159 Å². The minimum atomic E-state index is -1.19. The Hall–Kier alpha value is -8.58. The second-order valence-corrected chi connectivity index (χ2v) is 21.5. The number of hydrogen-bond donors (Lipinski definition) is 2. The van der Waals surface area contributed by atoms with Crippen molar-refractivity contribution in [3.05, 3.63) is 212 Å². The quantitative estimate of drug-likeness (QED) is 0.0895. The van der Waals surface area contributed by atoms with E-state index in [1.165, 1.54) is 21.9 Å². The highest BCUT2D eigenvalue weighted by Crippen LogP contribution is 2.37. The van der Waals surface area contributed by atoms with Gasteiger partial charge < -0.3 is 24.2 Å². The van der Waals surface area contributed by atoms with Crippen LogP contribution < -0.4 is 36.4 Å². The number of anilines is 2. The Morgan fingerprint density at radius 1 is 0.456 bits per heavy atom. The first-order valence-corrected chi connectivity index (χ1v) is 27.7. The van der Waals surface area contributed by atoms with Crippen LogP contribution in [0, 0.1) is 0 Å². The highest BCUT2D eigenvalue weighted by Gasteiger charge is 2.38. The summed E-state index contributed by atoms with van der Waals surface area (Å²) in [4.78, 5) is 90.2. The fraction of sp³-hybridized carbons (Fsp3) is 0.303. The largest absolute Gasteiger partial charge is 0.457 e. The molecule has 404 valence electrons. The summed E-state index contributed by atoms with van der Waals surface area (Å²) < 4.78 is 17.8. The summed E-state index contributed by atoms with van der Waals surface area (Å²) >= 11 is 0. The minimum absolute atomic E-state index is 0.0760. The molecule has 2 unspecified atom stereocenters. The van der Waals surface area contributed by atoms with Crippen molar-refractivity contribution in [3.8, 4) is 11.5 Å². The van der Waals surface area contributed by atoms with Gasteiger partial charge in [0.1, 0.15) is 45.9 Å². The molecule has 2 atom stereocenters. The molecule has 2 saturated carbocycles. The second kappa shape index (κ2) is 24.0. The zero-order valence-electron chi connectivity index (χ0n) is 45.1. The topological polar surface area (TPSA) is 168 Å². The number of ether oxygens (including phenoxy) is 1. The lowest BCUT2D eigenvalue weighted by atomic mass is 9.93. The lowest BCUT2D eigenvalue weighted by Gasteiger charge is -2.33. The van der Waals surface area contributed by atoms with Crippen LogP contribution in [0.5, 0.6) is 11.5 Å². The molecule has 6 aromatic carbocycles. The first-order chi connectivity index (χ1) is 38.3. The smallest absolute Gasteiger partial charge is 0.349 e. The van der Waals surface area contributed by atoms with Gasteiger partial charge in [0, 0.05) is 34.2 Å². The third-order valence-corrected chi connectivity index (χ3v) is 15.4. The van der Waals surface area contributed by atoms with Gasteiger partial charge in [-0.2, -0.15) is 0 Å². The Kier molecular flexibility index (Phi) is 16.3. The molecule has 2 fully saturated rings. The Labute approximate surface area is 459 Å². The van der Waals surface area contributed by atoms with Gasteiger partial charge in [0.25, 0.3) is 11.8 Å². The lowest BCUT2D eigenvalue weighted by molar-refractivity contribution is -0.124. The summed E-state index contributed by atoms with van der Waals surface area (Å²) in [6.07, 6.45) is 9.37. The molecule has 0 bridgehead atoms. The van der Waals surface area contributed by atoms with Gasteiger partial charge in [-0.15, -0.1) is 0 Å². The number of rotatable bonds is 16. The van der Waals surface area contributed by atoms with E-state index in [1.807, 2.05) is 48.5 Å². The summed E-state index contributed by atoms with van der Waals surface area (Å²) in [6.45, 7) is 8.34. The number of carbonyl (C=O) groups is 4. The summed E-state index contributed by atoms with van der Waals surface area (Å²) in [5.41, 5.74) is 2.41. The van der Waals surface area contributed by atoms with Crippen LogP contribution in [-0.4, -0.2) is 35.7 Å². The number of amides is 4. The van der Waals surface area contributed by atoms with Crippen molar-refractivity contribution >= 4 is 56.9 Å². The molecule has 13 nitrogen and oxygen atoms in total. The van der Waals surface area contributed by atoms with Crippen LogP contribution >= 0.6 is 0 Å². The summed E-state index contributed by atoms with van der Waals surface area (Å²) in [5.74, 6) is -1.02. The molecule has 4 amide bonds. The molecule has 2 aliphatic rings. The molecular weight excluding hydrogens is 993 g/mol. The number of hydrogen-bond acceptors (Lipinski definition) is 9. The molecule has 10 rings (SSSR count). The predicted octanol–water partition coefficient (Wildman–Crippen LogP) is 13.6. The van der Waals surface area contributed by atoms with Crippen LogP contribution in [0.4, 0.5) is 11.4 Å². The standard InChI is InChI=1S/C66H66N4O9/c1-41(2)43-23-27-45(28-24-43)59(61(71)67-49-17-7-5-8-18-49)69(63(73)55-39-47-15-11-13-21-57(47)78-65(55)75)51-31-35-53(36-32-51)77-54-37-33-52(34-38-54)70(64(74)56-40-48-16-12-14-22-58(48)79-66(56)76)60(46-29-25-44(26-30-46)42(3)4)62(72)68-50-19-9-6-10-20-50/h11-16,21-42,49-50,59-60H,5-10,17-20H2,1-4H3,(H,67,71)(H,68,72). The third-order valence-electron chi connectivity index (χ3n) is 15.4. The molecule has 79 heavy (non-hydrogen) atoms. The van der Waals surface area contributed by atoms with E-state index in [-0.39, 0.29) is 46.9 Å². The molecule has 0 radical (unpaired) electrons. The SMILES string of the molecule is CC(C)c1ccc(C(C(=O)NC2CCCCC2)N(C(=O)c2cc3ccccc3oc2=O)c2ccc(Oc3ccc(N(C(=O)c4cc5ccccc5oc4=O)C(C(=O)NC4CCCCC4)c4ccc(C(C)C)cc4)cc3)cc2)cc1. The van der Waals surface area contributed by atoms with Gasteiger partial charge in [-0.05, 0) is 133 Å². The van der Waals surface area contributed by atoms with E-state index in [9.17, 15) is 19.2 Å². The normalized spacial score (nSPS) is 14.9. The maximum Gasteiger partial charge on any atom is 0.349 e. The number of para-hydroxylation sites is 2. The fourth-order valence-corrected chi connectivity index (χ4v) is 11.0. The number of nitrogens with one attached hydrogen (secondary N) is 2. The number of fused-ring (bicyclic) bond motifs is 2. The van der Waals surface area contributed by atoms with E-state index in [0.717, 1.165) is 75.3 Å². The van der Waals surface area contributed by atoms with Crippen LogP contribution in [0.15, 0.2) is 176 Å². The van der Waals surface area contributed by atoms with Crippen LogP contribution in [-0.2, 0) is 9.59 Å². The molecule has 0 spiro atoms. The van der Waals surface area contributed by atoms with Crippen molar-refractivity contribution in [2.75, 3.05) is 9.80 Å². The van der Waals surface area contributed by atoms with Gasteiger partial charge in [-0.3, -0.25) is 29.0 Å². The highest BCUT2D eigenvalue weighted by molar-refractivity contribution is 6.12. The van der Waals surface area contributed by atoms with Gasteiger partial charge in [0.2, 0.25) is 11.8 Å². The van der Waals surface area contributed by atoms with E-state index in [1.54, 1.807) is 97.1 Å². The third kappa shape index (κ3) is 12.1. The average molecular weight is 1060 g/mol. The van der Waals surface area contributed by atoms with Gasteiger partial charge in [-0.1, -0.05) is 151 Å². The molecule has 2 aromatic heterocycles. The van der Waals surface area contributed by atoms with E-state index >= 15 is 9.59 Å². The molecule has 2 aliphatic carbocycles. The summed E-state index contributed by atoms with van der Waals surface area (Å²) in [5, 5.41) is 7.62.